The predicted molar refractivity (Wildman–Crippen MR) is 106 cm³/mol. The van der Waals surface area contributed by atoms with Crippen molar-refractivity contribution in [3.8, 4) is 34.0 Å². The van der Waals surface area contributed by atoms with Gasteiger partial charge in [0.15, 0.2) is 0 Å². The maximum atomic E-state index is 5.46. The number of hydrogen-bond donors (Lipinski definition) is 0. The van der Waals surface area contributed by atoms with Gasteiger partial charge in [-0.25, -0.2) is 4.98 Å². The molecule has 0 saturated carbocycles. The molecule has 0 spiro atoms. The lowest BCUT2D eigenvalue weighted by atomic mass is 10.0. The fourth-order valence-electron chi connectivity index (χ4n) is 3.15. The third-order valence-corrected chi connectivity index (χ3v) is 4.50. The molecular weight excluding hydrogens is 338 g/mol. The van der Waals surface area contributed by atoms with Crippen LogP contribution in [0, 0.1) is 6.92 Å². The first-order chi connectivity index (χ1) is 13.2. The Bertz CT molecular complexity index is 1110. The number of rotatable bonds is 4. The molecule has 0 bridgehead atoms. The van der Waals surface area contributed by atoms with Crippen molar-refractivity contribution in [2.24, 2.45) is 0 Å². The highest BCUT2D eigenvalue weighted by atomic mass is 16.5. The lowest BCUT2D eigenvalue weighted by Gasteiger charge is -2.11. The van der Waals surface area contributed by atoms with Crippen molar-refractivity contribution < 1.29 is 9.47 Å². The zero-order chi connectivity index (χ0) is 18.8. The van der Waals surface area contributed by atoms with Crippen LogP contribution in [0.15, 0.2) is 60.7 Å². The molecule has 0 atom stereocenters. The van der Waals surface area contributed by atoms with Crippen LogP contribution in [0.3, 0.4) is 0 Å². The molecule has 4 aromatic rings. The number of fused-ring (bicyclic) bond motifs is 1. The summed E-state index contributed by atoms with van der Waals surface area (Å²) in [4.78, 5) is 4.63. The van der Waals surface area contributed by atoms with Gasteiger partial charge in [-0.1, -0.05) is 18.2 Å². The van der Waals surface area contributed by atoms with Crippen LogP contribution >= 0.6 is 0 Å². The molecule has 27 heavy (non-hydrogen) atoms. The van der Waals surface area contributed by atoms with Gasteiger partial charge in [0.25, 0.3) is 0 Å². The lowest BCUT2D eigenvalue weighted by Crippen LogP contribution is -1.95. The zero-order valence-corrected chi connectivity index (χ0v) is 15.4. The molecule has 0 aliphatic carbocycles. The Morgan fingerprint density at radius 1 is 0.667 bits per heavy atom. The van der Waals surface area contributed by atoms with Crippen LogP contribution in [0.1, 0.15) is 5.69 Å². The van der Waals surface area contributed by atoms with E-state index in [1.807, 2.05) is 67.6 Å². The van der Waals surface area contributed by atoms with Crippen LogP contribution in [0.2, 0.25) is 0 Å². The molecule has 0 unspecified atom stereocenters. The van der Waals surface area contributed by atoms with E-state index in [1.54, 1.807) is 14.2 Å². The Kier molecular flexibility index (Phi) is 4.42. The summed E-state index contributed by atoms with van der Waals surface area (Å²) in [6.07, 6.45) is 0. The van der Waals surface area contributed by atoms with Gasteiger partial charge in [0.1, 0.15) is 17.0 Å². The standard InChI is InChI=1S/C22H19N3O2/c1-14-8-9-16-15(10-13-21(27-3)22(16)23-14)18-11-12-19(25-24-18)17-6-4-5-7-20(17)26-2/h4-13H,1-3H3. The number of aromatic nitrogens is 3. The highest BCUT2D eigenvalue weighted by Crippen LogP contribution is 2.33. The van der Waals surface area contributed by atoms with Gasteiger partial charge in [-0.2, -0.15) is 0 Å². The summed E-state index contributed by atoms with van der Waals surface area (Å²) in [6, 6.07) is 19.6. The average Bonchev–Trinajstić information content (AvgIpc) is 2.73. The van der Waals surface area contributed by atoms with Gasteiger partial charge in [-0.05, 0) is 49.4 Å². The monoisotopic (exact) mass is 357 g/mol. The van der Waals surface area contributed by atoms with Crippen molar-refractivity contribution in [2.45, 2.75) is 6.92 Å². The van der Waals surface area contributed by atoms with E-state index in [2.05, 4.69) is 15.2 Å². The van der Waals surface area contributed by atoms with E-state index in [0.29, 0.717) is 0 Å². The van der Waals surface area contributed by atoms with Crippen LogP contribution in [0.25, 0.3) is 33.4 Å². The minimum atomic E-state index is 0.746. The summed E-state index contributed by atoms with van der Waals surface area (Å²) in [6.45, 7) is 1.97. The molecule has 0 aliphatic rings. The van der Waals surface area contributed by atoms with E-state index in [-0.39, 0.29) is 0 Å². The topological polar surface area (TPSA) is 57.1 Å². The Morgan fingerprint density at radius 3 is 2.07 bits per heavy atom. The smallest absolute Gasteiger partial charge is 0.145 e. The number of methoxy groups -OCH3 is 2. The first-order valence-corrected chi connectivity index (χ1v) is 8.63. The van der Waals surface area contributed by atoms with Crippen molar-refractivity contribution in [1.29, 1.82) is 0 Å². The van der Waals surface area contributed by atoms with Crippen molar-refractivity contribution >= 4 is 10.9 Å². The highest BCUT2D eigenvalue weighted by molar-refractivity contribution is 5.97. The van der Waals surface area contributed by atoms with Crippen LogP contribution in [-0.4, -0.2) is 29.4 Å². The van der Waals surface area contributed by atoms with Crippen LogP contribution in [-0.2, 0) is 0 Å². The molecule has 0 amide bonds. The van der Waals surface area contributed by atoms with Gasteiger partial charge in [0, 0.05) is 22.2 Å². The number of hydrogen-bond acceptors (Lipinski definition) is 5. The van der Waals surface area contributed by atoms with Crippen molar-refractivity contribution in [1.82, 2.24) is 15.2 Å². The van der Waals surface area contributed by atoms with Crippen molar-refractivity contribution in [3.05, 3.63) is 66.4 Å². The number of pyridine rings is 1. The molecule has 0 saturated heterocycles. The second kappa shape index (κ2) is 7.03. The molecule has 2 aromatic carbocycles. The van der Waals surface area contributed by atoms with Crippen molar-refractivity contribution in [3.63, 3.8) is 0 Å². The maximum Gasteiger partial charge on any atom is 0.145 e. The number of para-hydroxylation sites is 1. The molecule has 0 aliphatic heterocycles. The second-order valence-corrected chi connectivity index (χ2v) is 6.17. The lowest BCUT2D eigenvalue weighted by molar-refractivity contribution is 0.416. The predicted octanol–water partition coefficient (Wildman–Crippen LogP) is 4.68. The Morgan fingerprint density at radius 2 is 1.37 bits per heavy atom. The van der Waals surface area contributed by atoms with Gasteiger partial charge in [-0.3, -0.25) is 0 Å². The number of benzene rings is 2. The third-order valence-electron chi connectivity index (χ3n) is 4.50. The molecule has 4 rings (SSSR count). The van der Waals surface area contributed by atoms with E-state index in [9.17, 15) is 0 Å². The summed E-state index contributed by atoms with van der Waals surface area (Å²) < 4.78 is 10.9. The average molecular weight is 357 g/mol. The number of nitrogens with zero attached hydrogens (tertiary/aromatic N) is 3. The van der Waals surface area contributed by atoms with Crippen LogP contribution < -0.4 is 9.47 Å². The molecule has 5 nitrogen and oxygen atoms in total. The van der Waals surface area contributed by atoms with E-state index in [1.165, 1.54) is 0 Å². The highest BCUT2D eigenvalue weighted by Gasteiger charge is 2.12. The number of ether oxygens (including phenoxy) is 2. The summed E-state index contributed by atoms with van der Waals surface area (Å²) in [5, 5.41) is 9.86. The Balaban J connectivity index is 1.81. The molecule has 2 heterocycles. The fourth-order valence-corrected chi connectivity index (χ4v) is 3.15. The van der Waals surface area contributed by atoms with E-state index in [4.69, 9.17) is 9.47 Å². The van der Waals surface area contributed by atoms with E-state index < -0.39 is 0 Å². The molecule has 134 valence electrons. The van der Waals surface area contributed by atoms with Gasteiger partial charge in [0.2, 0.25) is 0 Å². The summed E-state index contributed by atoms with van der Waals surface area (Å²) >= 11 is 0. The molecule has 5 heteroatoms. The summed E-state index contributed by atoms with van der Waals surface area (Å²) in [5.41, 5.74) is 5.20. The summed E-state index contributed by atoms with van der Waals surface area (Å²) in [7, 11) is 3.30. The summed E-state index contributed by atoms with van der Waals surface area (Å²) in [5.74, 6) is 1.52. The first-order valence-electron chi connectivity index (χ1n) is 8.63. The maximum absolute atomic E-state index is 5.46. The quantitative estimate of drug-likeness (QED) is 0.530. The van der Waals surface area contributed by atoms with Gasteiger partial charge < -0.3 is 9.47 Å². The van der Waals surface area contributed by atoms with Crippen LogP contribution in [0.4, 0.5) is 0 Å². The van der Waals surface area contributed by atoms with E-state index >= 15 is 0 Å². The van der Waals surface area contributed by atoms with Gasteiger partial charge >= 0.3 is 0 Å². The van der Waals surface area contributed by atoms with Gasteiger partial charge in [-0.15, -0.1) is 10.2 Å². The molecule has 2 aromatic heterocycles. The van der Waals surface area contributed by atoms with E-state index in [0.717, 1.165) is 50.6 Å². The SMILES string of the molecule is COc1ccccc1-c1ccc(-c2ccc(OC)c3nc(C)ccc23)nn1. The largest absolute Gasteiger partial charge is 0.496 e. The fraction of sp³-hybridized carbons (Fsp3) is 0.136. The third kappa shape index (κ3) is 3.08. The normalized spacial score (nSPS) is 10.8. The molecule has 0 radical (unpaired) electrons. The minimum absolute atomic E-state index is 0.746. The zero-order valence-electron chi connectivity index (χ0n) is 15.4. The number of aryl methyl sites for hydroxylation is 1. The minimum Gasteiger partial charge on any atom is -0.496 e. The molecular formula is C22H19N3O2. The second-order valence-electron chi connectivity index (χ2n) is 6.17. The molecule has 0 fully saturated rings. The van der Waals surface area contributed by atoms with Crippen LogP contribution in [0.5, 0.6) is 11.5 Å². The Hall–Kier alpha value is -3.47. The van der Waals surface area contributed by atoms with Crippen molar-refractivity contribution in [2.75, 3.05) is 14.2 Å². The first kappa shape index (κ1) is 17.0. The Labute approximate surface area is 157 Å². The van der Waals surface area contributed by atoms with Gasteiger partial charge in [0.05, 0.1) is 25.6 Å². The molecule has 0 N–H and O–H groups in total.